The highest BCUT2D eigenvalue weighted by atomic mass is 16.5. The number of morpholine rings is 1. The van der Waals surface area contributed by atoms with Crippen LogP contribution in [0, 0.1) is 11.3 Å². The van der Waals surface area contributed by atoms with Crippen LogP contribution in [-0.2, 0) is 4.74 Å². The molecule has 3 rings (SSSR count). The van der Waals surface area contributed by atoms with E-state index in [0.717, 1.165) is 31.7 Å². The molecule has 1 spiro atoms. The van der Waals surface area contributed by atoms with Gasteiger partial charge < -0.3 is 9.64 Å². The number of hydrogen-bond donors (Lipinski definition) is 0. The van der Waals surface area contributed by atoms with Crippen LogP contribution in [0.5, 0.6) is 0 Å². The van der Waals surface area contributed by atoms with E-state index in [1.165, 1.54) is 12.8 Å². The molecule has 0 N–H and O–H groups in total. The van der Waals surface area contributed by atoms with Gasteiger partial charge in [-0.25, -0.2) is 4.98 Å². The lowest BCUT2D eigenvalue weighted by Crippen LogP contribution is -2.59. The third kappa shape index (κ3) is 2.51. The summed E-state index contributed by atoms with van der Waals surface area (Å²) in [6, 6.07) is 5.90. The minimum Gasteiger partial charge on any atom is -0.365 e. The van der Waals surface area contributed by atoms with Crippen LogP contribution < -0.4 is 4.90 Å². The summed E-state index contributed by atoms with van der Waals surface area (Å²) in [5.74, 6) is 0.951. The van der Waals surface area contributed by atoms with Crippen molar-refractivity contribution in [2.45, 2.75) is 50.7 Å². The van der Waals surface area contributed by atoms with Crippen molar-refractivity contribution in [2.75, 3.05) is 18.0 Å². The number of ether oxygens (including phenoxy) is 1. The van der Waals surface area contributed by atoms with Gasteiger partial charge in [0.05, 0.1) is 16.8 Å². The van der Waals surface area contributed by atoms with Crippen LogP contribution in [0.15, 0.2) is 18.3 Å². The van der Waals surface area contributed by atoms with Gasteiger partial charge in [-0.3, -0.25) is 0 Å². The maximum absolute atomic E-state index is 8.87. The largest absolute Gasteiger partial charge is 0.365 e. The van der Waals surface area contributed by atoms with Crippen LogP contribution in [-0.4, -0.2) is 29.3 Å². The SMILES string of the molecule is CC1(C)CN(c2ccc(C#N)cn2)CC2(CCCC2)O1. The third-order valence-electron chi connectivity index (χ3n) is 4.26. The van der Waals surface area contributed by atoms with Crippen molar-refractivity contribution in [2.24, 2.45) is 0 Å². The Labute approximate surface area is 120 Å². The second-order valence-corrected chi connectivity index (χ2v) is 6.62. The van der Waals surface area contributed by atoms with E-state index < -0.39 is 0 Å². The molecule has 0 atom stereocenters. The van der Waals surface area contributed by atoms with Gasteiger partial charge in [-0.1, -0.05) is 12.8 Å². The molecule has 0 amide bonds. The molecule has 4 heteroatoms. The first-order chi connectivity index (χ1) is 9.52. The van der Waals surface area contributed by atoms with E-state index in [9.17, 15) is 0 Å². The summed E-state index contributed by atoms with van der Waals surface area (Å²) in [6.07, 6.45) is 6.45. The Kier molecular flexibility index (Phi) is 3.18. The van der Waals surface area contributed by atoms with Gasteiger partial charge in [0.25, 0.3) is 0 Å². The number of hydrogen-bond acceptors (Lipinski definition) is 4. The Balaban J connectivity index is 1.86. The van der Waals surface area contributed by atoms with Gasteiger partial charge in [0.15, 0.2) is 0 Å². The number of anilines is 1. The fourth-order valence-corrected chi connectivity index (χ4v) is 3.59. The molecule has 20 heavy (non-hydrogen) atoms. The summed E-state index contributed by atoms with van der Waals surface area (Å²) in [4.78, 5) is 6.76. The van der Waals surface area contributed by atoms with E-state index in [1.807, 2.05) is 12.1 Å². The third-order valence-corrected chi connectivity index (χ3v) is 4.26. The zero-order chi connectivity index (χ0) is 14.2. The minimum absolute atomic E-state index is 0.00265. The smallest absolute Gasteiger partial charge is 0.128 e. The molecule has 0 bridgehead atoms. The molecule has 1 aromatic heterocycles. The summed E-state index contributed by atoms with van der Waals surface area (Å²) >= 11 is 0. The highest BCUT2D eigenvalue weighted by Crippen LogP contribution is 2.41. The van der Waals surface area contributed by atoms with Crippen molar-refractivity contribution >= 4 is 5.82 Å². The van der Waals surface area contributed by atoms with Gasteiger partial charge >= 0.3 is 0 Å². The topological polar surface area (TPSA) is 49.2 Å². The van der Waals surface area contributed by atoms with E-state index in [4.69, 9.17) is 10.00 Å². The molecule has 1 aliphatic heterocycles. The lowest BCUT2D eigenvalue weighted by atomic mass is 9.94. The number of pyridine rings is 1. The quantitative estimate of drug-likeness (QED) is 0.788. The highest BCUT2D eigenvalue weighted by molar-refractivity contribution is 5.43. The van der Waals surface area contributed by atoms with Crippen LogP contribution in [0.1, 0.15) is 45.1 Å². The predicted octanol–water partition coefficient (Wildman–Crippen LogP) is 2.88. The second-order valence-electron chi connectivity index (χ2n) is 6.62. The molecule has 1 aliphatic carbocycles. The summed E-state index contributed by atoms with van der Waals surface area (Å²) in [5, 5.41) is 8.87. The molecule has 2 aliphatic rings. The number of aromatic nitrogens is 1. The summed E-state index contributed by atoms with van der Waals surface area (Å²) in [6.45, 7) is 6.06. The molecule has 2 fully saturated rings. The molecule has 1 saturated heterocycles. The van der Waals surface area contributed by atoms with Crippen molar-refractivity contribution in [3.63, 3.8) is 0 Å². The Bertz CT molecular complexity index is 524. The zero-order valence-electron chi connectivity index (χ0n) is 12.2. The molecular formula is C16H21N3O. The molecule has 0 aromatic carbocycles. The van der Waals surface area contributed by atoms with Gasteiger partial charge in [-0.05, 0) is 38.8 Å². The van der Waals surface area contributed by atoms with Gasteiger partial charge in [-0.15, -0.1) is 0 Å². The fraction of sp³-hybridized carbons (Fsp3) is 0.625. The maximum atomic E-state index is 8.87. The molecule has 4 nitrogen and oxygen atoms in total. The first-order valence-corrected chi connectivity index (χ1v) is 7.33. The summed E-state index contributed by atoms with van der Waals surface area (Å²) in [7, 11) is 0. The van der Waals surface area contributed by atoms with E-state index in [2.05, 4.69) is 29.8 Å². The van der Waals surface area contributed by atoms with Crippen LogP contribution in [0.4, 0.5) is 5.82 Å². The molecule has 106 valence electrons. The number of nitrogens with zero attached hydrogens (tertiary/aromatic N) is 3. The Morgan fingerprint density at radius 3 is 2.60 bits per heavy atom. The van der Waals surface area contributed by atoms with Crippen molar-refractivity contribution < 1.29 is 4.74 Å². The van der Waals surface area contributed by atoms with Crippen molar-refractivity contribution in [1.82, 2.24) is 4.98 Å². The van der Waals surface area contributed by atoms with Gasteiger partial charge in [-0.2, -0.15) is 5.26 Å². The van der Waals surface area contributed by atoms with Crippen LogP contribution in [0.2, 0.25) is 0 Å². The van der Waals surface area contributed by atoms with Crippen molar-refractivity contribution in [3.8, 4) is 6.07 Å². The summed E-state index contributed by atoms with van der Waals surface area (Å²) in [5.41, 5.74) is 0.451. The Morgan fingerprint density at radius 2 is 2.00 bits per heavy atom. The van der Waals surface area contributed by atoms with E-state index in [1.54, 1.807) is 6.20 Å². The standard InChI is InChI=1S/C16H21N3O/c1-15(2)11-19(12-16(20-15)7-3-4-8-16)14-6-5-13(9-17)10-18-14/h5-6,10H,3-4,7-8,11-12H2,1-2H3. The summed E-state index contributed by atoms with van der Waals surface area (Å²) < 4.78 is 6.40. The first-order valence-electron chi connectivity index (χ1n) is 7.33. The molecule has 1 saturated carbocycles. The second kappa shape index (κ2) is 4.75. The van der Waals surface area contributed by atoms with Crippen molar-refractivity contribution in [1.29, 1.82) is 5.26 Å². The van der Waals surface area contributed by atoms with E-state index in [0.29, 0.717) is 5.56 Å². The first kappa shape index (κ1) is 13.4. The lowest BCUT2D eigenvalue weighted by Gasteiger charge is -2.49. The fourth-order valence-electron chi connectivity index (χ4n) is 3.59. The van der Waals surface area contributed by atoms with Gasteiger partial charge in [0.1, 0.15) is 11.9 Å². The molecule has 0 radical (unpaired) electrons. The average molecular weight is 271 g/mol. The normalized spacial score (nSPS) is 23.8. The van der Waals surface area contributed by atoms with Gasteiger partial charge in [0, 0.05) is 19.3 Å². The molecule has 0 unspecified atom stereocenters. The zero-order valence-corrected chi connectivity index (χ0v) is 12.2. The lowest BCUT2D eigenvalue weighted by molar-refractivity contribution is -0.148. The van der Waals surface area contributed by atoms with Crippen LogP contribution in [0.3, 0.4) is 0 Å². The molecule has 1 aromatic rings. The number of rotatable bonds is 1. The highest BCUT2D eigenvalue weighted by Gasteiger charge is 2.46. The Hall–Kier alpha value is -1.60. The van der Waals surface area contributed by atoms with Crippen LogP contribution in [0.25, 0.3) is 0 Å². The molecular weight excluding hydrogens is 250 g/mol. The van der Waals surface area contributed by atoms with Crippen LogP contribution >= 0.6 is 0 Å². The molecule has 2 heterocycles. The predicted molar refractivity (Wildman–Crippen MR) is 77.5 cm³/mol. The minimum atomic E-state index is -0.155. The van der Waals surface area contributed by atoms with Crippen molar-refractivity contribution in [3.05, 3.63) is 23.9 Å². The van der Waals surface area contributed by atoms with E-state index in [-0.39, 0.29) is 11.2 Å². The Morgan fingerprint density at radius 1 is 1.25 bits per heavy atom. The van der Waals surface area contributed by atoms with Gasteiger partial charge in [0.2, 0.25) is 0 Å². The monoisotopic (exact) mass is 271 g/mol. The average Bonchev–Trinajstić information content (AvgIpc) is 2.84. The number of nitriles is 1. The van der Waals surface area contributed by atoms with E-state index >= 15 is 0 Å². The maximum Gasteiger partial charge on any atom is 0.128 e.